The number of aromatic amines is 1. The number of rotatable bonds is 6. The molecule has 0 radical (unpaired) electrons. The highest BCUT2D eigenvalue weighted by molar-refractivity contribution is 5.08. The Balaban J connectivity index is 1.62. The molecule has 0 saturated carbocycles. The highest BCUT2D eigenvalue weighted by Crippen LogP contribution is 2.24. The molecule has 0 amide bonds. The van der Waals surface area contributed by atoms with Crippen LogP contribution in [0.1, 0.15) is 5.56 Å². The van der Waals surface area contributed by atoms with Gasteiger partial charge in [0, 0.05) is 30.9 Å². The smallest absolute Gasteiger partial charge is 0.0569 e. The fraction of sp³-hybridized carbons (Fsp3) is 0.636. The van der Waals surface area contributed by atoms with Crippen molar-refractivity contribution in [2.45, 2.75) is 6.42 Å². The van der Waals surface area contributed by atoms with Gasteiger partial charge in [-0.1, -0.05) is 0 Å². The Bertz CT molecular complexity index is 275. The Morgan fingerprint density at radius 2 is 2.40 bits per heavy atom. The van der Waals surface area contributed by atoms with Crippen LogP contribution in [-0.2, 0) is 11.2 Å². The van der Waals surface area contributed by atoms with E-state index in [1.807, 2.05) is 12.4 Å². The lowest BCUT2D eigenvalue weighted by molar-refractivity contribution is -0.104. The van der Waals surface area contributed by atoms with Gasteiger partial charge in [0.05, 0.1) is 13.2 Å². The first kappa shape index (κ1) is 10.7. The zero-order chi connectivity index (χ0) is 10.6. The normalized spacial score (nSPS) is 18.7. The number of ether oxygens (including phenoxy) is 1. The molecule has 0 bridgehead atoms. The van der Waals surface area contributed by atoms with E-state index >= 15 is 0 Å². The average molecular weight is 209 g/mol. The quantitative estimate of drug-likeness (QED) is 0.583. The standard InChI is InChI=1S/C11H19N3O/c12-6-11(8-15-9-11)7-14-4-2-10-1-3-13-5-10/h1,3,5,13-14H,2,4,6-9,12H2. The molecule has 4 heteroatoms. The monoisotopic (exact) mass is 209 g/mol. The molecule has 2 heterocycles. The van der Waals surface area contributed by atoms with Crippen molar-refractivity contribution in [1.29, 1.82) is 0 Å². The van der Waals surface area contributed by atoms with Crippen LogP contribution in [0.15, 0.2) is 18.5 Å². The average Bonchev–Trinajstić information content (AvgIpc) is 2.68. The lowest BCUT2D eigenvalue weighted by Gasteiger charge is -2.40. The highest BCUT2D eigenvalue weighted by Gasteiger charge is 2.36. The van der Waals surface area contributed by atoms with Crippen LogP contribution in [0.3, 0.4) is 0 Å². The third-order valence-corrected chi connectivity index (χ3v) is 3.00. The van der Waals surface area contributed by atoms with Gasteiger partial charge in [0.2, 0.25) is 0 Å². The topological polar surface area (TPSA) is 63.1 Å². The minimum atomic E-state index is 0.206. The zero-order valence-electron chi connectivity index (χ0n) is 8.96. The summed E-state index contributed by atoms with van der Waals surface area (Å²) in [7, 11) is 0. The van der Waals surface area contributed by atoms with Crippen molar-refractivity contribution in [3.8, 4) is 0 Å². The van der Waals surface area contributed by atoms with E-state index in [1.54, 1.807) is 0 Å². The third-order valence-electron chi connectivity index (χ3n) is 3.00. The SMILES string of the molecule is NCC1(CNCCc2cc[nH]c2)COC1. The van der Waals surface area contributed by atoms with E-state index in [-0.39, 0.29) is 5.41 Å². The molecule has 1 fully saturated rings. The number of hydrogen-bond donors (Lipinski definition) is 3. The van der Waals surface area contributed by atoms with E-state index < -0.39 is 0 Å². The lowest BCUT2D eigenvalue weighted by atomic mass is 9.86. The number of nitrogens with two attached hydrogens (primary N) is 1. The molecule has 1 aliphatic heterocycles. The van der Waals surface area contributed by atoms with Crippen LogP contribution in [0, 0.1) is 5.41 Å². The van der Waals surface area contributed by atoms with Crippen molar-refractivity contribution in [3.05, 3.63) is 24.0 Å². The Labute approximate surface area is 90.2 Å². The Morgan fingerprint density at radius 3 is 2.93 bits per heavy atom. The van der Waals surface area contributed by atoms with Crippen LogP contribution in [0.25, 0.3) is 0 Å². The molecule has 1 aromatic rings. The van der Waals surface area contributed by atoms with E-state index in [9.17, 15) is 0 Å². The van der Waals surface area contributed by atoms with Gasteiger partial charge in [-0.25, -0.2) is 0 Å². The van der Waals surface area contributed by atoms with Gasteiger partial charge in [0.25, 0.3) is 0 Å². The summed E-state index contributed by atoms with van der Waals surface area (Å²) in [6.45, 7) is 4.29. The van der Waals surface area contributed by atoms with Crippen molar-refractivity contribution < 1.29 is 4.74 Å². The first-order chi connectivity index (χ1) is 7.35. The first-order valence-corrected chi connectivity index (χ1v) is 5.45. The second-order valence-electron chi connectivity index (χ2n) is 4.34. The van der Waals surface area contributed by atoms with Crippen LogP contribution in [-0.4, -0.2) is 37.8 Å². The molecular weight excluding hydrogens is 190 g/mol. The Morgan fingerprint density at radius 1 is 1.53 bits per heavy atom. The van der Waals surface area contributed by atoms with Gasteiger partial charge >= 0.3 is 0 Å². The number of hydrogen-bond acceptors (Lipinski definition) is 3. The van der Waals surface area contributed by atoms with E-state index in [0.717, 1.165) is 32.7 Å². The van der Waals surface area contributed by atoms with Crippen molar-refractivity contribution >= 4 is 0 Å². The minimum absolute atomic E-state index is 0.206. The summed E-state index contributed by atoms with van der Waals surface area (Å²) in [5.41, 5.74) is 7.27. The van der Waals surface area contributed by atoms with Gasteiger partial charge in [0.15, 0.2) is 0 Å². The summed E-state index contributed by atoms with van der Waals surface area (Å²) in [5, 5.41) is 3.44. The summed E-state index contributed by atoms with van der Waals surface area (Å²) >= 11 is 0. The molecule has 0 aromatic carbocycles. The molecular formula is C11H19N3O. The van der Waals surface area contributed by atoms with Crippen LogP contribution >= 0.6 is 0 Å². The Kier molecular flexibility index (Phi) is 3.41. The van der Waals surface area contributed by atoms with Crippen LogP contribution in [0.2, 0.25) is 0 Å². The second kappa shape index (κ2) is 4.79. The highest BCUT2D eigenvalue weighted by atomic mass is 16.5. The predicted molar refractivity (Wildman–Crippen MR) is 59.7 cm³/mol. The van der Waals surface area contributed by atoms with Gasteiger partial charge in [-0.15, -0.1) is 0 Å². The van der Waals surface area contributed by atoms with Crippen molar-refractivity contribution in [2.24, 2.45) is 11.1 Å². The van der Waals surface area contributed by atoms with Crippen LogP contribution in [0.4, 0.5) is 0 Å². The maximum atomic E-state index is 5.72. The molecule has 4 N–H and O–H groups in total. The largest absolute Gasteiger partial charge is 0.380 e. The van der Waals surface area contributed by atoms with E-state index in [1.165, 1.54) is 5.56 Å². The van der Waals surface area contributed by atoms with Crippen LogP contribution < -0.4 is 11.1 Å². The number of H-pyrrole nitrogens is 1. The first-order valence-electron chi connectivity index (χ1n) is 5.45. The van der Waals surface area contributed by atoms with E-state index in [0.29, 0.717) is 6.54 Å². The summed E-state index contributed by atoms with van der Waals surface area (Å²) < 4.78 is 5.21. The van der Waals surface area contributed by atoms with Crippen molar-refractivity contribution in [3.63, 3.8) is 0 Å². The zero-order valence-corrected chi connectivity index (χ0v) is 8.96. The molecule has 84 valence electrons. The molecule has 4 nitrogen and oxygen atoms in total. The van der Waals surface area contributed by atoms with Gasteiger partial charge < -0.3 is 20.8 Å². The maximum Gasteiger partial charge on any atom is 0.0569 e. The molecule has 0 unspecified atom stereocenters. The van der Waals surface area contributed by atoms with Crippen LogP contribution in [0.5, 0.6) is 0 Å². The molecule has 0 aliphatic carbocycles. The summed E-state index contributed by atoms with van der Waals surface area (Å²) in [6.07, 6.45) is 5.05. The molecule has 1 saturated heterocycles. The Hall–Kier alpha value is -0.840. The molecule has 0 atom stereocenters. The predicted octanol–water partition coefficient (Wildman–Crippen LogP) is 0.122. The third kappa shape index (κ3) is 2.59. The molecule has 15 heavy (non-hydrogen) atoms. The fourth-order valence-electron chi connectivity index (χ4n) is 1.78. The van der Waals surface area contributed by atoms with E-state index in [2.05, 4.69) is 16.4 Å². The number of aromatic nitrogens is 1. The second-order valence-corrected chi connectivity index (χ2v) is 4.34. The van der Waals surface area contributed by atoms with Gasteiger partial charge in [-0.05, 0) is 24.6 Å². The molecule has 2 rings (SSSR count). The van der Waals surface area contributed by atoms with Gasteiger partial charge in [-0.3, -0.25) is 0 Å². The molecule has 1 aromatic heterocycles. The lowest BCUT2D eigenvalue weighted by Crippen LogP contribution is -2.54. The van der Waals surface area contributed by atoms with Crippen molar-refractivity contribution in [2.75, 3.05) is 32.8 Å². The molecule has 0 spiro atoms. The van der Waals surface area contributed by atoms with E-state index in [4.69, 9.17) is 10.5 Å². The number of nitrogens with one attached hydrogen (secondary N) is 2. The minimum Gasteiger partial charge on any atom is -0.380 e. The fourth-order valence-corrected chi connectivity index (χ4v) is 1.78. The summed E-state index contributed by atoms with van der Waals surface area (Å²) in [6, 6.07) is 2.10. The summed E-state index contributed by atoms with van der Waals surface area (Å²) in [5.74, 6) is 0. The van der Waals surface area contributed by atoms with Gasteiger partial charge in [-0.2, -0.15) is 0 Å². The van der Waals surface area contributed by atoms with Gasteiger partial charge in [0.1, 0.15) is 0 Å². The molecule has 1 aliphatic rings. The maximum absolute atomic E-state index is 5.72. The van der Waals surface area contributed by atoms with Crippen molar-refractivity contribution in [1.82, 2.24) is 10.3 Å². The summed E-state index contributed by atoms with van der Waals surface area (Å²) in [4.78, 5) is 3.05.